The number of nitrogens with zero attached hydrogens (tertiary/aromatic N) is 2. The molecule has 0 heterocycles. The second kappa shape index (κ2) is 9.42. The maximum absolute atomic E-state index is 8.38. The van der Waals surface area contributed by atoms with Crippen LogP contribution < -0.4 is 5.73 Å². The van der Waals surface area contributed by atoms with Crippen LogP contribution in [0.5, 0.6) is 0 Å². The number of amidine groups is 1. The van der Waals surface area contributed by atoms with Crippen molar-refractivity contribution in [3.05, 3.63) is 0 Å². The fraction of sp³-hybridized carbons (Fsp3) is 0.909. The van der Waals surface area contributed by atoms with Gasteiger partial charge in [-0.2, -0.15) is 0 Å². The number of hydrogen-bond acceptors (Lipinski definition) is 4. The highest BCUT2D eigenvalue weighted by Gasteiger charge is 2.10. The Kier molecular flexibility index (Phi) is 8.94. The summed E-state index contributed by atoms with van der Waals surface area (Å²) in [5, 5.41) is 11.3. The Hall–Kier alpha value is -0.810. The van der Waals surface area contributed by atoms with E-state index in [1.54, 1.807) is 7.11 Å². The first kappa shape index (κ1) is 15.2. The van der Waals surface area contributed by atoms with Crippen molar-refractivity contribution in [1.82, 2.24) is 4.90 Å². The van der Waals surface area contributed by atoms with Gasteiger partial charge in [0, 0.05) is 19.6 Å². The SMILES string of the molecule is CCN(CCCCC(N)=NO)C(C)COC. The lowest BCUT2D eigenvalue weighted by atomic mass is 10.2. The molecule has 0 spiro atoms. The zero-order valence-corrected chi connectivity index (χ0v) is 10.6. The van der Waals surface area contributed by atoms with Crippen molar-refractivity contribution in [3.8, 4) is 0 Å². The van der Waals surface area contributed by atoms with Crippen LogP contribution in [0.25, 0.3) is 0 Å². The number of hydrogen-bond donors (Lipinski definition) is 2. The van der Waals surface area contributed by atoms with Crippen molar-refractivity contribution < 1.29 is 9.94 Å². The van der Waals surface area contributed by atoms with Gasteiger partial charge in [0.2, 0.25) is 0 Å². The van der Waals surface area contributed by atoms with Crippen LogP contribution in [-0.4, -0.2) is 48.8 Å². The van der Waals surface area contributed by atoms with Crippen LogP contribution >= 0.6 is 0 Å². The second-order valence-electron chi connectivity index (χ2n) is 3.98. The van der Waals surface area contributed by atoms with Crippen molar-refractivity contribution in [2.24, 2.45) is 10.9 Å². The van der Waals surface area contributed by atoms with Crippen molar-refractivity contribution >= 4 is 5.84 Å². The van der Waals surface area contributed by atoms with E-state index in [4.69, 9.17) is 15.7 Å². The molecule has 0 aromatic rings. The van der Waals surface area contributed by atoms with E-state index in [0.29, 0.717) is 18.3 Å². The molecule has 0 aliphatic rings. The van der Waals surface area contributed by atoms with Crippen molar-refractivity contribution in [3.63, 3.8) is 0 Å². The monoisotopic (exact) mass is 231 g/mol. The Bertz CT molecular complexity index is 198. The van der Waals surface area contributed by atoms with Crippen molar-refractivity contribution in [2.75, 3.05) is 26.8 Å². The van der Waals surface area contributed by atoms with Gasteiger partial charge in [-0.3, -0.25) is 4.90 Å². The van der Waals surface area contributed by atoms with Crippen LogP contribution in [0.4, 0.5) is 0 Å². The first-order valence-electron chi connectivity index (χ1n) is 5.85. The molecule has 0 saturated heterocycles. The molecule has 5 heteroatoms. The minimum absolute atomic E-state index is 0.313. The van der Waals surface area contributed by atoms with E-state index in [0.717, 1.165) is 32.5 Å². The van der Waals surface area contributed by atoms with Crippen LogP contribution in [0, 0.1) is 0 Å². The fourth-order valence-corrected chi connectivity index (χ4v) is 1.71. The lowest BCUT2D eigenvalue weighted by Gasteiger charge is -2.27. The highest BCUT2D eigenvalue weighted by Crippen LogP contribution is 2.04. The molecule has 0 aromatic heterocycles. The summed E-state index contributed by atoms with van der Waals surface area (Å²) in [7, 11) is 1.72. The van der Waals surface area contributed by atoms with E-state index >= 15 is 0 Å². The average Bonchev–Trinajstić information content (AvgIpc) is 2.29. The summed E-state index contributed by atoms with van der Waals surface area (Å²) >= 11 is 0. The standard InChI is InChI=1S/C11H25N3O2/c1-4-14(10(2)9-16-3)8-6-5-7-11(12)13-15/h10,15H,4-9H2,1-3H3,(H2,12,13). The van der Waals surface area contributed by atoms with Gasteiger partial charge < -0.3 is 15.7 Å². The summed E-state index contributed by atoms with van der Waals surface area (Å²) < 4.78 is 5.13. The Morgan fingerprint density at radius 3 is 2.69 bits per heavy atom. The number of unbranched alkanes of at least 4 members (excludes halogenated alkanes) is 1. The summed E-state index contributed by atoms with van der Waals surface area (Å²) in [5.74, 6) is 0.313. The summed E-state index contributed by atoms with van der Waals surface area (Å²) in [6.45, 7) is 7.12. The third-order valence-corrected chi connectivity index (χ3v) is 2.69. The van der Waals surface area contributed by atoms with Crippen molar-refractivity contribution in [1.29, 1.82) is 0 Å². The number of likely N-dealkylation sites (N-methyl/N-ethyl adjacent to an activating group) is 1. The van der Waals surface area contributed by atoms with Gasteiger partial charge in [-0.05, 0) is 32.9 Å². The van der Waals surface area contributed by atoms with E-state index in [9.17, 15) is 0 Å². The molecular formula is C11H25N3O2. The first-order chi connectivity index (χ1) is 7.65. The van der Waals surface area contributed by atoms with Gasteiger partial charge >= 0.3 is 0 Å². The average molecular weight is 231 g/mol. The maximum Gasteiger partial charge on any atom is 0.139 e. The third kappa shape index (κ3) is 6.63. The minimum Gasteiger partial charge on any atom is -0.409 e. The normalized spacial score (nSPS) is 14.4. The van der Waals surface area contributed by atoms with E-state index < -0.39 is 0 Å². The zero-order chi connectivity index (χ0) is 12.4. The predicted molar refractivity (Wildman–Crippen MR) is 65.8 cm³/mol. The van der Waals surface area contributed by atoms with Crippen LogP contribution in [0.2, 0.25) is 0 Å². The van der Waals surface area contributed by atoms with Crippen LogP contribution in [0.15, 0.2) is 5.16 Å². The molecule has 0 amide bonds. The molecular weight excluding hydrogens is 206 g/mol. The lowest BCUT2D eigenvalue weighted by molar-refractivity contribution is 0.102. The smallest absolute Gasteiger partial charge is 0.139 e. The second-order valence-corrected chi connectivity index (χ2v) is 3.98. The molecule has 0 aliphatic carbocycles. The topological polar surface area (TPSA) is 71.1 Å². The molecule has 0 saturated carbocycles. The molecule has 5 nitrogen and oxygen atoms in total. The van der Waals surface area contributed by atoms with Gasteiger partial charge in [0.25, 0.3) is 0 Å². The number of oxime groups is 1. The van der Waals surface area contributed by atoms with Crippen LogP contribution in [0.1, 0.15) is 33.1 Å². The van der Waals surface area contributed by atoms with Crippen molar-refractivity contribution in [2.45, 2.75) is 39.2 Å². The van der Waals surface area contributed by atoms with Gasteiger partial charge in [0.15, 0.2) is 0 Å². The van der Waals surface area contributed by atoms with E-state index in [1.807, 2.05) is 0 Å². The molecule has 0 aromatic carbocycles. The summed E-state index contributed by atoms with van der Waals surface area (Å²) in [6, 6.07) is 0.443. The minimum atomic E-state index is 0.313. The number of ether oxygens (including phenoxy) is 1. The molecule has 0 fully saturated rings. The number of methoxy groups -OCH3 is 1. The molecule has 16 heavy (non-hydrogen) atoms. The molecule has 0 rings (SSSR count). The predicted octanol–water partition coefficient (Wildman–Crippen LogP) is 1.26. The highest BCUT2D eigenvalue weighted by molar-refractivity contribution is 5.79. The highest BCUT2D eigenvalue weighted by atomic mass is 16.5. The fourth-order valence-electron chi connectivity index (χ4n) is 1.71. The summed E-state index contributed by atoms with van der Waals surface area (Å²) in [4.78, 5) is 2.37. The molecule has 0 aliphatic heterocycles. The molecule has 3 N–H and O–H groups in total. The molecule has 1 atom stereocenters. The van der Waals surface area contributed by atoms with E-state index in [2.05, 4.69) is 23.9 Å². The molecule has 1 unspecified atom stereocenters. The van der Waals surface area contributed by atoms with Gasteiger partial charge in [0.1, 0.15) is 5.84 Å². The van der Waals surface area contributed by atoms with Gasteiger partial charge in [0.05, 0.1) is 6.61 Å². The Balaban J connectivity index is 3.70. The number of rotatable bonds is 9. The molecule has 0 bridgehead atoms. The van der Waals surface area contributed by atoms with Gasteiger partial charge in [-0.1, -0.05) is 12.1 Å². The van der Waals surface area contributed by atoms with Crippen LogP contribution in [-0.2, 0) is 4.74 Å². The quantitative estimate of drug-likeness (QED) is 0.206. The summed E-state index contributed by atoms with van der Waals surface area (Å²) in [6.07, 6.45) is 2.66. The Labute approximate surface area is 98.2 Å². The number of nitrogens with two attached hydrogens (primary N) is 1. The third-order valence-electron chi connectivity index (χ3n) is 2.69. The van der Waals surface area contributed by atoms with Gasteiger partial charge in [-0.15, -0.1) is 0 Å². The van der Waals surface area contributed by atoms with E-state index in [1.165, 1.54) is 0 Å². The van der Waals surface area contributed by atoms with E-state index in [-0.39, 0.29) is 0 Å². The molecule has 96 valence electrons. The Morgan fingerprint density at radius 2 is 2.19 bits per heavy atom. The first-order valence-corrected chi connectivity index (χ1v) is 5.85. The maximum atomic E-state index is 8.38. The summed E-state index contributed by atoms with van der Waals surface area (Å²) in [5.41, 5.74) is 5.40. The molecule has 0 radical (unpaired) electrons. The largest absolute Gasteiger partial charge is 0.409 e. The van der Waals surface area contributed by atoms with Gasteiger partial charge in [-0.25, -0.2) is 0 Å². The zero-order valence-electron chi connectivity index (χ0n) is 10.6. The lowest BCUT2D eigenvalue weighted by Crippen LogP contribution is -2.36. The van der Waals surface area contributed by atoms with Crippen LogP contribution in [0.3, 0.4) is 0 Å². The Morgan fingerprint density at radius 1 is 1.50 bits per heavy atom.